The molecular weight excluding hydrogens is 254 g/mol. The van der Waals surface area contributed by atoms with Crippen LogP contribution in [0.2, 0.25) is 0 Å². The minimum absolute atomic E-state index is 0.205. The molecule has 0 saturated carbocycles. The van der Waals surface area contributed by atoms with Crippen LogP contribution in [0.15, 0.2) is 0 Å². The Bertz CT molecular complexity index is 322. The number of rotatable bonds is 3. The molecule has 0 rings (SSSR count). The van der Waals surface area contributed by atoms with Crippen molar-refractivity contribution < 1.29 is 0 Å². The van der Waals surface area contributed by atoms with E-state index in [1.54, 1.807) is 0 Å². The fourth-order valence-corrected chi connectivity index (χ4v) is 5.96. The van der Waals surface area contributed by atoms with E-state index >= 15 is 0 Å². The van der Waals surface area contributed by atoms with Gasteiger partial charge >= 0.3 is 0 Å². The van der Waals surface area contributed by atoms with Crippen LogP contribution in [0, 0.1) is 23.2 Å². The van der Waals surface area contributed by atoms with Crippen molar-refractivity contribution in [1.29, 1.82) is 0 Å². The van der Waals surface area contributed by atoms with E-state index in [4.69, 9.17) is 0 Å². The first kappa shape index (κ1) is 18.0. The van der Waals surface area contributed by atoms with Gasteiger partial charge in [0.2, 0.25) is 0 Å². The zero-order chi connectivity index (χ0) is 14.4. The molecule has 1 unspecified atom stereocenters. The van der Waals surface area contributed by atoms with Gasteiger partial charge in [-0.05, 0) is 52.3 Å². The normalized spacial score (nSPS) is 14.9. The summed E-state index contributed by atoms with van der Waals surface area (Å²) in [5.74, 6) is 6.24. The van der Waals surface area contributed by atoms with Gasteiger partial charge in [0.05, 0.1) is 0 Å². The monoisotopic (exact) mass is 282 g/mol. The van der Waals surface area contributed by atoms with Crippen LogP contribution in [0.1, 0.15) is 55.4 Å². The van der Waals surface area contributed by atoms with Crippen LogP contribution in [-0.2, 0) is 0 Å². The second kappa shape index (κ2) is 7.54. The summed E-state index contributed by atoms with van der Waals surface area (Å²) in [4.78, 5) is 0. The summed E-state index contributed by atoms with van der Waals surface area (Å²) in [5, 5.41) is 0.660. The maximum atomic E-state index is 3.45. The van der Waals surface area contributed by atoms with E-state index in [0.717, 1.165) is 0 Å². The van der Waals surface area contributed by atoms with Gasteiger partial charge in [-0.2, -0.15) is 0 Å². The first-order valence-electron chi connectivity index (χ1n) is 6.53. The van der Waals surface area contributed by atoms with E-state index in [1.165, 1.54) is 12.3 Å². The molecule has 0 aromatic carbocycles. The molecule has 0 saturated heterocycles. The Hall–Kier alpha value is -0.0200. The second-order valence-electron chi connectivity index (χ2n) is 6.37. The lowest BCUT2D eigenvalue weighted by Crippen LogP contribution is -2.17. The molecule has 2 atom stereocenters. The summed E-state index contributed by atoms with van der Waals surface area (Å²) < 4.78 is 0. The Balaban J connectivity index is 4.75. The third kappa shape index (κ3) is 6.79. The Morgan fingerprint density at radius 2 is 0.944 bits per heavy atom. The van der Waals surface area contributed by atoms with Gasteiger partial charge in [-0.3, -0.25) is 0 Å². The van der Waals surface area contributed by atoms with Gasteiger partial charge in [0.1, 0.15) is 0 Å². The zero-order valence-corrected chi connectivity index (χ0v) is 15.1. The molecule has 18 heavy (non-hydrogen) atoms. The molecule has 0 amide bonds. The Labute approximate surface area is 117 Å². The van der Waals surface area contributed by atoms with Crippen LogP contribution in [0.3, 0.4) is 0 Å². The van der Waals surface area contributed by atoms with Crippen molar-refractivity contribution >= 4 is 15.8 Å². The fourth-order valence-electron chi connectivity index (χ4n) is 1.59. The van der Waals surface area contributed by atoms with E-state index < -0.39 is 0 Å². The van der Waals surface area contributed by atoms with Crippen molar-refractivity contribution in [3.8, 4) is 23.2 Å². The first-order valence-corrected chi connectivity index (χ1v) is 9.58. The predicted octanol–water partition coefficient (Wildman–Crippen LogP) is 5.51. The topological polar surface area (TPSA) is 0 Å². The molecule has 0 radical (unpaired) electrons. The van der Waals surface area contributed by atoms with Crippen molar-refractivity contribution in [2.24, 2.45) is 0 Å². The lowest BCUT2D eigenvalue weighted by Gasteiger charge is -2.31. The number of hydrogen-bond donors (Lipinski definition) is 0. The van der Waals surface area contributed by atoms with Crippen molar-refractivity contribution in [2.75, 3.05) is 12.3 Å². The van der Waals surface area contributed by atoms with Gasteiger partial charge in [0.15, 0.2) is 0 Å². The average Bonchev–Trinajstić information content (AvgIpc) is 2.18. The highest BCUT2D eigenvalue weighted by molar-refractivity contribution is 7.68. The number of hydrogen-bond acceptors (Lipinski definition) is 0. The smallest absolute Gasteiger partial charge is 0.00236 e. The van der Waals surface area contributed by atoms with E-state index in [0.29, 0.717) is 10.3 Å². The van der Waals surface area contributed by atoms with Crippen molar-refractivity contribution in [3.63, 3.8) is 0 Å². The molecule has 0 nitrogen and oxygen atoms in total. The fraction of sp³-hybridized carbons (Fsp3) is 0.750. The Morgan fingerprint density at radius 1 is 0.667 bits per heavy atom. The molecule has 0 bridgehead atoms. The highest BCUT2D eigenvalue weighted by Gasteiger charge is 2.27. The summed E-state index contributed by atoms with van der Waals surface area (Å²) in [7, 11) is -0.410. The summed E-state index contributed by atoms with van der Waals surface area (Å²) in [6.45, 7) is 17.8. The predicted molar refractivity (Wildman–Crippen MR) is 90.0 cm³/mol. The molecule has 0 aliphatic heterocycles. The molecule has 0 heterocycles. The van der Waals surface area contributed by atoms with E-state index in [9.17, 15) is 0 Å². The van der Waals surface area contributed by atoms with Gasteiger partial charge in [-0.1, -0.05) is 52.9 Å². The molecule has 102 valence electrons. The van der Waals surface area contributed by atoms with Crippen LogP contribution >= 0.6 is 15.8 Å². The van der Waals surface area contributed by atoms with Gasteiger partial charge in [-0.15, -0.1) is 11.8 Å². The molecule has 0 aliphatic carbocycles. The Morgan fingerprint density at radius 3 is 1.11 bits per heavy atom. The third-order valence-corrected chi connectivity index (χ3v) is 8.58. The van der Waals surface area contributed by atoms with Crippen LogP contribution in [0.4, 0.5) is 0 Å². The third-order valence-electron chi connectivity index (χ3n) is 2.66. The average molecular weight is 282 g/mol. The molecule has 0 aromatic heterocycles. The lowest BCUT2D eigenvalue weighted by atomic mass is 10.3. The maximum absolute atomic E-state index is 3.45. The maximum Gasteiger partial charge on any atom is -0.00236 e. The minimum Gasteiger partial charge on any atom is -0.102 e. The van der Waals surface area contributed by atoms with Gasteiger partial charge in [-0.25, -0.2) is 0 Å². The van der Waals surface area contributed by atoms with Crippen LogP contribution in [-0.4, -0.2) is 22.6 Å². The SMILES string of the molecule is CC#CP(CC[P@](C#CC)C(C)(C)C)C(C)(C)C. The summed E-state index contributed by atoms with van der Waals surface area (Å²) in [6.07, 6.45) is 2.47. The van der Waals surface area contributed by atoms with Crippen LogP contribution in [0.5, 0.6) is 0 Å². The van der Waals surface area contributed by atoms with Gasteiger partial charge in [0.25, 0.3) is 0 Å². The lowest BCUT2D eigenvalue weighted by molar-refractivity contribution is 0.781. The summed E-state index contributed by atoms with van der Waals surface area (Å²) >= 11 is 0. The molecule has 0 aromatic rings. The van der Waals surface area contributed by atoms with Crippen molar-refractivity contribution in [2.45, 2.75) is 65.7 Å². The summed E-state index contributed by atoms with van der Waals surface area (Å²) in [5.41, 5.74) is 6.90. The highest BCUT2D eigenvalue weighted by Crippen LogP contribution is 2.54. The van der Waals surface area contributed by atoms with E-state index in [-0.39, 0.29) is 15.8 Å². The van der Waals surface area contributed by atoms with Gasteiger partial charge in [0, 0.05) is 0 Å². The summed E-state index contributed by atoms with van der Waals surface area (Å²) in [6, 6.07) is 0. The zero-order valence-electron chi connectivity index (χ0n) is 13.3. The molecule has 0 aliphatic rings. The largest absolute Gasteiger partial charge is 0.102 e. The molecule has 2 heteroatoms. The first-order chi connectivity index (χ1) is 8.12. The highest BCUT2D eigenvalue weighted by atomic mass is 31.1. The standard InChI is InChI=1S/C16H28P2/c1-9-11-17(15(3,4)5)13-14-18(12-10-2)16(6,7)8/h13-14H2,1-8H3/t17-,18?/m0/s1. The molecule has 0 spiro atoms. The second-order valence-corrected chi connectivity index (χ2v) is 12.1. The minimum atomic E-state index is -0.205. The quantitative estimate of drug-likeness (QED) is 0.473. The van der Waals surface area contributed by atoms with Crippen molar-refractivity contribution in [3.05, 3.63) is 0 Å². The molecule has 0 fully saturated rings. The van der Waals surface area contributed by atoms with E-state index in [2.05, 4.69) is 64.7 Å². The van der Waals surface area contributed by atoms with Crippen LogP contribution < -0.4 is 0 Å². The van der Waals surface area contributed by atoms with E-state index in [1.807, 2.05) is 13.8 Å². The Kier molecular flexibility index (Phi) is 7.53. The van der Waals surface area contributed by atoms with Crippen molar-refractivity contribution in [1.82, 2.24) is 0 Å². The molecule has 0 N–H and O–H groups in total. The van der Waals surface area contributed by atoms with Crippen LogP contribution in [0.25, 0.3) is 0 Å². The molecular formula is C16H28P2. The van der Waals surface area contributed by atoms with Gasteiger partial charge < -0.3 is 0 Å².